The summed E-state index contributed by atoms with van der Waals surface area (Å²) in [6.45, 7) is 16.4. The number of phenols is 1. The van der Waals surface area contributed by atoms with Crippen molar-refractivity contribution in [2.75, 3.05) is 13.6 Å². The van der Waals surface area contributed by atoms with Gasteiger partial charge in [-0.15, -0.1) is 0 Å². The zero-order valence-corrected chi connectivity index (χ0v) is 27.7. The maximum Gasteiger partial charge on any atom is 0.227 e. The van der Waals surface area contributed by atoms with Gasteiger partial charge in [0.05, 0.1) is 19.1 Å². The Kier molecular flexibility index (Phi) is 11.2. The Labute approximate surface area is 253 Å². The van der Waals surface area contributed by atoms with Crippen LogP contribution in [-0.2, 0) is 35.2 Å². The molecule has 3 rings (SSSR count). The van der Waals surface area contributed by atoms with Crippen LogP contribution >= 0.6 is 0 Å². The van der Waals surface area contributed by atoms with E-state index in [1.54, 1.807) is 11.0 Å². The second kappa shape index (κ2) is 14.0. The van der Waals surface area contributed by atoms with Gasteiger partial charge in [0.15, 0.2) is 8.32 Å². The number of likely N-dealkylation sites (N-methyl/N-ethyl adjacent to an activating group) is 1. The number of nitrogens with zero attached hydrogens (tertiary/aromatic N) is 1. The summed E-state index contributed by atoms with van der Waals surface area (Å²) in [5, 5.41) is 23.7. The molecule has 0 heterocycles. The van der Waals surface area contributed by atoms with Gasteiger partial charge in [-0.1, -0.05) is 81.4 Å². The molecule has 0 bridgehead atoms. The fourth-order valence-electron chi connectivity index (χ4n) is 4.74. The van der Waals surface area contributed by atoms with Crippen molar-refractivity contribution in [3.05, 3.63) is 101 Å². The van der Waals surface area contributed by atoms with Gasteiger partial charge in [0, 0.05) is 31.2 Å². The van der Waals surface area contributed by atoms with E-state index in [9.17, 15) is 15.0 Å². The van der Waals surface area contributed by atoms with Gasteiger partial charge in [-0.2, -0.15) is 0 Å². The van der Waals surface area contributed by atoms with E-state index < -0.39 is 8.32 Å². The van der Waals surface area contributed by atoms with E-state index in [2.05, 4.69) is 65.2 Å². The third-order valence-corrected chi connectivity index (χ3v) is 12.8. The van der Waals surface area contributed by atoms with E-state index in [1.807, 2.05) is 61.6 Å². The Morgan fingerprint density at radius 3 is 2.21 bits per heavy atom. The van der Waals surface area contributed by atoms with Crippen LogP contribution in [0.1, 0.15) is 68.5 Å². The first-order chi connectivity index (χ1) is 19.6. The smallest absolute Gasteiger partial charge is 0.227 e. The molecule has 3 N–H and O–H groups in total. The maximum absolute atomic E-state index is 12.9. The number of benzene rings is 3. The molecule has 0 spiro atoms. The first-order valence-corrected chi connectivity index (χ1v) is 17.7. The quantitative estimate of drug-likeness (QED) is 0.192. The minimum atomic E-state index is -2.12. The van der Waals surface area contributed by atoms with Crippen molar-refractivity contribution < 1.29 is 19.4 Å². The number of hydrogen-bond acceptors (Lipinski definition) is 5. The van der Waals surface area contributed by atoms with E-state index in [4.69, 9.17) is 4.43 Å². The lowest BCUT2D eigenvalue weighted by Gasteiger charge is -2.40. The third-order valence-electron chi connectivity index (χ3n) is 8.34. The van der Waals surface area contributed by atoms with Crippen LogP contribution in [0.25, 0.3) is 0 Å². The van der Waals surface area contributed by atoms with E-state index in [-0.39, 0.29) is 34.9 Å². The standard InChI is InChI=1S/C35H50N2O4Si/c1-34(2,3)42(7,8)41-32(29-17-18-31(39)30(21-29)25-38)23-36-35(4,5)22-28-16-12-15-27(19-28)20-33(40)37(6)24-26-13-10-9-11-14-26/h9-19,21,32,36,38-39H,20,22-25H2,1-8H3/t32-/m0/s1. The SMILES string of the molecule is CN(Cc1ccccc1)C(=O)Cc1cccc(CC(C)(C)NC[C@H](O[Si](C)(C)C(C)(C)C)c2ccc(O)c(CO)c2)c1. The first-order valence-electron chi connectivity index (χ1n) is 14.8. The van der Waals surface area contributed by atoms with Crippen molar-refractivity contribution in [2.45, 2.75) is 90.4 Å². The number of carbonyl (C=O) groups excluding carboxylic acids is 1. The molecule has 1 atom stereocenters. The Hall–Kier alpha value is -2.97. The molecule has 7 heteroatoms. The molecular weight excluding hydrogens is 540 g/mol. The van der Waals surface area contributed by atoms with Gasteiger partial charge in [0.2, 0.25) is 5.91 Å². The van der Waals surface area contributed by atoms with Crippen LogP contribution in [0.2, 0.25) is 18.1 Å². The molecule has 6 nitrogen and oxygen atoms in total. The molecule has 3 aromatic carbocycles. The van der Waals surface area contributed by atoms with Crippen LogP contribution in [0.4, 0.5) is 0 Å². The summed E-state index contributed by atoms with van der Waals surface area (Å²) < 4.78 is 6.87. The van der Waals surface area contributed by atoms with E-state index in [0.29, 0.717) is 25.1 Å². The van der Waals surface area contributed by atoms with Crippen LogP contribution in [0, 0.1) is 0 Å². The highest BCUT2D eigenvalue weighted by molar-refractivity contribution is 6.74. The summed E-state index contributed by atoms with van der Waals surface area (Å²) in [6.07, 6.45) is 0.904. The largest absolute Gasteiger partial charge is 0.508 e. The van der Waals surface area contributed by atoms with Crippen LogP contribution in [0.5, 0.6) is 5.75 Å². The number of aliphatic hydroxyl groups excluding tert-OH is 1. The second-order valence-electron chi connectivity index (χ2n) is 13.6. The summed E-state index contributed by atoms with van der Waals surface area (Å²) in [7, 11) is -0.268. The summed E-state index contributed by atoms with van der Waals surface area (Å²) in [6, 6.07) is 23.7. The van der Waals surface area contributed by atoms with Crippen molar-refractivity contribution in [1.82, 2.24) is 10.2 Å². The molecule has 0 aliphatic heterocycles. The fraction of sp³-hybridized carbons (Fsp3) is 0.457. The van der Waals surface area contributed by atoms with Gasteiger partial charge in [-0.25, -0.2) is 0 Å². The van der Waals surface area contributed by atoms with Crippen LogP contribution in [-0.4, -0.2) is 48.5 Å². The average molecular weight is 591 g/mol. The fourth-order valence-corrected chi connectivity index (χ4v) is 6.02. The summed E-state index contributed by atoms with van der Waals surface area (Å²) in [5.41, 5.74) is 4.47. The minimum Gasteiger partial charge on any atom is -0.508 e. The number of rotatable bonds is 13. The first kappa shape index (κ1) is 33.5. The minimum absolute atomic E-state index is 0.0323. The van der Waals surface area contributed by atoms with Crippen molar-refractivity contribution in [3.8, 4) is 5.75 Å². The summed E-state index contributed by atoms with van der Waals surface area (Å²) >= 11 is 0. The molecule has 0 aliphatic rings. The van der Waals surface area contributed by atoms with Crippen LogP contribution in [0.15, 0.2) is 72.8 Å². The molecule has 3 aromatic rings. The number of nitrogens with one attached hydrogen (secondary N) is 1. The Morgan fingerprint density at radius 1 is 0.929 bits per heavy atom. The number of hydrogen-bond donors (Lipinski definition) is 3. The molecule has 42 heavy (non-hydrogen) atoms. The van der Waals surface area contributed by atoms with Gasteiger partial charge in [0.1, 0.15) is 5.75 Å². The molecular formula is C35H50N2O4Si. The predicted octanol–water partition coefficient (Wildman–Crippen LogP) is 6.76. The second-order valence-corrected chi connectivity index (χ2v) is 18.3. The van der Waals surface area contributed by atoms with E-state index in [0.717, 1.165) is 28.7 Å². The number of aliphatic hydroxyl groups is 1. The maximum atomic E-state index is 12.9. The molecule has 228 valence electrons. The highest BCUT2D eigenvalue weighted by atomic mass is 28.4. The van der Waals surface area contributed by atoms with Crippen LogP contribution in [0.3, 0.4) is 0 Å². The van der Waals surface area contributed by atoms with Gasteiger partial charge < -0.3 is 24.9 Å². The zero-order valence-electron chi connectivity index (χ0n) is 26.7. The highest BCUT2D eigenvalue weighted by Gasteiger charge is 2.39. The van der Waals surface area contributed by atoms with E-state index >= 15 is 0 Å². The van der Waals surface area contributed by atoms with E-state index in [1.165, 1.54) is 0 Å². The van der Waals surface area contributed by atoms with Crippen molar-refractivity contribution in [1.29, 1.82) is 0 Å². The third kappa shape index (κ3) is 9.53. The van der Waals surface area contributed by atoms with Gasteiger partial charge in [0.25, 0.3) is 0 Å². The molecule has 1 amide bonds. The summed E-state index contributed by atoms with van der Waals surface area (Å²) in [4.78, 5) is 14.7. The lowest BCUT2D eigenvalue weighted by atomic mass is 9.93. The Bertz CT molecular complexity index is 1320. The van der Waals surface area contributed by atoms with Crippen molar-refractivity contribution >= 4 is 14.2 Å². The zero-order chi connectivity index (χ0) is 31.1. The summed E-state index contributed by atoms with van der Waals surface area (Å²) in [5.74, 6) is 0.181. The van der Waals surface area contributed by atoms with Gasteiger partial charge >= 0.3 is 0 Å². The highest BCUT2D eigenvalue weighted by Crippen LogP contribution is 2.40. The molecule has 0 saturated carbocycles. The average Bonchev–Trinajstić information content (AvgIpc) is 2.91. The number of amides is 1. The topological polar surface area (TPSA) is 82.0 Å². The van der Waals surface area contributed by atoms with Crippen LogP contribution < -0.4 is 5.32 Å². The predicted molar refractivity (Wildman–Crippen MR) is 174 cm³/mol. The number of aromatic hydroxyl groups is 1. The molecule has 0 aliphatic carbocycles. The lowest BCUT2D eigenvalue weighted by Crippen LogP contribution is -2.47. The van der Waals surface area contributed by atoms with Gasteiger partial charge in [-0.3, -0.25) is 4.79 Å². The molecule has 0 saturated heterocycles. The van der Waals surface area contributed by atoms with Crippen molar-refractivity contribution in [2.24, 2.45) is 0 Å². The Balaban J connectivity index is 1.70. The molecule has 0 fully saturated rings. The normalized spacial score (nSPS) is 13.2. The molecule has 0 aromatic heterocycles. The lowest BCUT2D eigenvalue weighted by molar-refractivity contribution is -0.129. The monoisotopic (exact) mass is 590 g/mol. The molecule has 0 radical (unpaired) electrons. The van der Waals surface area contributed by atoms with Gasteiger partial charge in [-0.05, 0) is 72.8 Å². The van der Waals surface area contributed by atoms with Crippen molar-refractivity contribution in [3.63, 3.8) is 0 Å². The Morgan fingerprint density at radius 2 is 1.57 bits per heavy atom. The number of carbonyl (C=O) groups is 1. The molecule has 0 unspecified atom stereocenters.